The van der Waals surface area contributed by atoms with E-state index in [0.717, 1.165) is 12.8 Å². The lowest BCUT2D eigenvalue weighted by atomic mass is 10.0. The molecule has 0 saturated carbocycles. The molecule has 0 N–H and O–H groups in total. The van der Waals surface area contributed by atoms with Crippen LogP contribution in [0.25, 0.3) is 0 Å². The lowest BCUT2D eigenvalue weighted by molar-refractivity contribution is -0.134. The molecule has 0 aromatic carbocycles. The van der Waals surface area contributed by atoms with Gasteiger partial charge in [0.05, 0.1) is 12.1 Å². The zero-order valence-electron chi connectivity index (χ0n) is 17.0. The molecule has 0 fully saturated rings. The Bertz CT molecular complexity index is 548. The first kappa shape index (κ1) is 20.4. The molecule has 25 heavy (non-hydrogen) atoms. The second kappa shape index (κ2) is 7.76. The molecule has 0 bridgehead atoms. The van der Waals surface area contributed by atoms with Crippen LogP contribution >= 0.6 is 0 Å². The van der Waals surface area contributed by atoms with E-state index in [9.17, 15) is 4.79 Å². The van der Waals surface area contributed by atoms with E-state index in [4.69, 9.17) is 9.16 Å². The third-order valence-electron chi connectivity index (χ3n) is 5.81. The topological polar surface area (TPSA) is 38.8 Å². The van der Waals surface area contributed by atoms with Crippen LogP contribution in [0.2, 0.25) is 18.1 Å². The van der Waals surface area contributed by atoms with Gasteiger partial charge in [-0.3, -0.25) is 4.79 Å². The molecule has 0 unspecified atom stereocenters. The molecule has 2 rings (SSSR count). The zero-order valence-corrected chi connectivity index (χ0v) is 18.0. The fraction of sp³-hybridized carbons (Fsp3) is 0.750. The van der Waals surface area contributed by atoms with Crippen LogP contribution in [0.1, 0.15) is 47.0 Å². The van der Waals surface area contributed by atoms with Gasteiger partial charge in [0.15, 0.2) is 8.32 Å². The molecule has 0 aromatic heterocycles. The molecule has 0 aliphatic carbocycles. The summed E-state index contributed by atoms with van der Waals surface area (Å²) >= 11 is 0. The number of carbonyl (C=O) groups excluding carboxylic acids is 1. The van der Waals surface area contributed by atoms with Crippen molar-refractivity contribution < 1.29 is 14.0 Å². The Morgan fingerprint density at radius 1 is 1.28 bits per heavy atom. The number of nitrogens with zero attached hydrogens (tertiary/aromatic N) is 1. The Morgan fingerprint density at radius 3 is 2.56 bits per heavy atom. The highest BCUT2D eigenvalue weighted by Gasteiger charge is 2.45. The number of carbonyl (C=O) groups is 1. The van der Waals surface area contributed by atoms with E-state index < -0.39 is 8.32 Å². The SMILES string of the molecule is CO[C@H]1/C=C/CCCC(=O)N2CC(C)=C[C@@H]2[C@@H]1O[Si](C)(C)C(C)(C)C. The van der Waals surface area contributed by atoms with Crippen LogP contribution in [0.3, 0.4) is 0 Å². The molecule has 4 nitrogen and oxygen atoms in total. The summed E-state index contributed by atoms with van der Waals surface area (Å²) in [6.07, 6.45) is 8.57. The minimum Gasteiger partial charge on any atom is -0.408 e. The summed E-state index contributed by atoms with van der Waals surface area (Å²) in [5.41, 5.74) is 1.24. The van der Waals surface area contributed by atoms with Gasteiger partial charge in [-0.15, -0.1) is 0 Å². The van der Waals surface area contributed by atoms with Crippen LogP contribution in [0.15, 0.2) is 23.8 Å². The number of hydrogen-bond donors (Lipinski definition) is 0. The smallest absolute Gasteiger partial charge is 0.223 e. The Morgan fingerprint density at radius 2 is 1.96 bits per heavy atom. The first-order valence-electron chi connectivity index (χ1n) is 9.41. The minimum absolute atomic E-state index is 0.0469. The van der Waals surface area contributed by atoms with Crippen molar-refractivity contribution in [2.75, 3.05) is 13.7 Å². The van der Waals surface area contributed by atoms with E-state index in [-0.39, 0.29) is 29.2 Å². The fourth-order valence-corrected chi connectivity index (χ4v) is 4.56. The largest absolute Gasteiger partial charge is 0.408 e. The average molecular weight is 366 g/mol. The normalized spacial score (nSPS) is 30.0. The van der Waals surface area contributed by atoms with E-state index in [1.165, 1.54) is 5.57 Å². The van der Waals surface area contributed by atoms with Crippen molar-refractivity contribution in [3.63, 3.8) is 0 Å². The molecular formula is C20H35NO3Si. The molecule has 0 radical (unpaired) electrons. The van der Waals surface area contributed by atoms with Crippen molar-refractivity contribution in [1.29, 1.82) is 0 Å². The summed E-state index contributed by atoms with van der Waals surface area (Å²) in [6.45, 7) is 14.1. The molecular weight excluding hydrogens is 330 g/mol. The van der Waals surface area contributed by atoms with Crippen molar-refractivity contribution in [3.8, 4) is 0 Å². The number of amides is 1. The highest BCUT2D eigenvalue weighted by molar-refractivity contribution is 6.74. The molecule has 5 heteroatoms. The molecule has 2 heterocycles. The first-order chi connectivity index (χ1) is 11.6. The Labute approximate surface area is 154 Å². The molecule has 142 valence electrons. The van der Waals surface area contributed by atoms with Crippen LogP contribution in [-0.4, -0.2) is 51.0 Å². The van der Waals surface area contributed by atoms with Crippen molar-refractivity contribution in [3.05, 3.63) is 23.8 Å². The number of fused-ring (bicyclic) bond motifs is 1. The standard InChI is InChI=1S/C20H35NO3Si/c1-15-13-16-19(24-25(6,7)20(2,3)4)17(23-5)11-9-8-10-12-18(22)21(16)14-15/h9,11,13,16-17,19H,8,10,12,14H2,1-7H3/b11-9+/t16-,17+,19+/m1/s1. The zero-order chi connectivity index (χ0) is 18.8. The van der Waals surface area contributed by atoms with E-state index in [1.807, 2.05) is 4.90 Å². The van der Waals surface area contributed by atoms with Crippen LogP contribution in [-0.2, 0) is 14.0 Å². The molecule has 0 aromatic rings. The number of methoxy groups -OCH3 is 1. The van der Waals surface area contributed by atoms with Gasteiger partial charge in [0, 0.05) is 20.1 Å². The Kier molecular flexibility index (Phi) is 6.34. The average Bonchev–Trinajstić information content (AvgIpc) is 2.89. The van der Waals surface area contributed by atoms with Gasteiger partial charge in [-0.25, -0.2) is 0 Å². The predicted octanol–water partition coefficient (Wildman–Crippen LogP) is 4.29. The van der Waals surface area contributed by atoms with Crippen molar-refractivity contribution in [2.24, 2.45) is 0 Å². The fourth-order valence-electron chi connectivity index (χ4n) is 3.25. The van der Waals surface area contributed by atoms with Crippen LogP contribution in [0.4, 0.5) is 0 Å². The molecule has 2 aliphatic rings. The van der Waals surface area contributed by atoms with Gasteiger partial charge in [0.25, 0.3) is 0 Å². The van der Waals surface area contributed by atoms with Crippen molar-refractivity contribution >= 4 is 14.2 Å². The van der Waals surface area contributed by atoms with Crippen molar-refractivity contribution in [2.45, 2.75) is 83.3 Å². The van der Waals surface area contributed by atoms with Gasteiger partial charge in [-0.05, 0) is 37.9 Å². The lowest BCUT2D eigenvalue weighted by Gasteiger charge is -2.44. The predicted molar refractivity (Wildman–Crippen MR) is 105 cm³/mol. The maximum atomic E-state index is 12.7. The maximum Gasteiger partial charge on any atom is 0.223 e. The lowest BCUT2D eigenvalue weighted by Crippen LogP contribution is -2.55. The Balaban J connectivity index is 2.42. The first-order valence-corrected chi connectivity index (χ1v) is 12.3. The van der Waals surface area contributed by atoms with E-state index >= 15 is 0 Å². The monoisotopic (exact) mass is 365 g/mol. The summed E-state index contributed by atoms with van der Waals surface area (Å²) < 4.78 is 12.6. The number of hydrogen-bond acceptors (Lipinski definition) is 3. The third-order valence-corrected chi connectivity index (χ3v) is 10.3. The van der Waals surface area contributed by atoms with Gasteiger partial charge in [-0.2, -0.15) is 0 Å². The summed E-state index contributed by atoms with van der Waals surface area (Å²) in [6, 6.07) is -0.0469. The third kappa shape index (κ3) is 4.63. The minimum atomic E-state index is -2.00. The van der Waals surface area contributed by atoms with Crippen LogP contribution in [0, 0.1) is 0 Å². The van der Waals surface area contributed by atoms with E-state index in [0.29, 0.717) is 13.0 Å². The molecule has 2 aliphatic heterocycles. The van der Waals surface area contributed by atoms with Gasteiger partial charge >= 0.3 is 0 Å². The molecule has 1 amide bonds. The molecule has 0 saturated heterocycles. The summed E-state index contributed by atoms with van der Waals surface area (Å²) in [4.78, 5) is 14.7. The summed E-state index contributed by atoms with van der Waals surface area (Å²) in [7, 11) is -0.267. The van der Waals surface area contributed by atoms with Gasteiger partial charge in [0.2, 0.25) is 5.91 Å². The Hall–Kier alpha value is -0.913. The highest BCUT2D eigenvalue weighted by Crippen LogP contribution is 2.39. The van der Waals surface area contributed by atoms with Gasteiger partial charge in [-0.1, -0.05) is 44.6 Å². The summed E-state index contributed by atoms with van der Waals surface area (Å²) in [5, 5.41) is 0.108. The highest BCUT2D eigenvalue weighted by atomic mass is 28.4. The number of ether oxygens (including phenoxy) is 1. The van der Waals surface area contributed by atoms with E-state index in [1.54, 1.807) is 7.11 Å². The van der Waals surface area contributed by atoms with Crippen LogP contribution in [0.5, 0.6) is 0 Å². The second-order valence-corrected chi connectivity index (χ2v) is 13.6. The number of allylic oxidation sites excluding steroid dienone is 1. The van der Waals surface area contributed by atoms with Crippen molar-refractivity contribution in [1.82, 2.24) is 4.90 Å². The van der Waals surface area contributed by atoms with Crippen LogP contribution < -0.4 is 0 Å². The quantitative estimate of drug-likeness (QED) is 0.553. The second-order valence-electron chi connectivity index (χ2n) is 8.89. The molecule has 3 atom stereocenters. The maximum absolute atomic E-state index is 12.7. The molecule has 0 spiro atoms. The number of rotatable bonds is 3. The summed E-state index contributed by atoms with van der Waals surface area (Å²) in [5.74, 6) is 0.229. The van der Waals surface area contributed by atoms with Gasteiger partial charge < -0.3 is 14.1 Å². The van der Waals surface area contributed by atoms with Gasteiger partial charge in [0.1, 0.15) is 6.10 Å². The van der Waals surface area contributed by atoms with E-state index in [2.05, 4.69) is 59.0 Å².